The van der Waals surface area contributed by atoms with Gasteiger partial charge in [-0.1, -0.05) is 6.92 Å². The average molecular weight is 264 g/mol. The van der Waals surface area contributed by atoms with Crippen LogP contribution in [-0.2, 0) is 4.79 Å². The molecule has 0 radical (unpaired) electrons. The first-order valence-corrected chi connectivity index (χ1v) is 7.42. The van der Waals surface area contributed by atoms with E-state index in [1.165, 1.54) is 12.8 Å². The van der Waals surface area contributed by atoms with Gasteiger partial charge in [-0.3, -0.25) is 4.79 Å². The number of aryl methyl sites for hydroxylation is 1. The zero-order valence-electron chi connectivity index (χ0n) is 11.0. The fourth-order valence-electron chi connectivity index (χ4n) is 2.27. The van der Waals surface area contributed by atoms with Gasteiger partial charge in [0.15, 0.2) is 0 Å². The smallest absolute Gasteiger partial charge is 0.244 e. The molecule has 18 heavy (non-hydrogen) atoms. The number of nitrogens with zero attached hydrogens (tertiary/aromatic N) is 1. The molecule has 0 atom stereocenters. The maximum Gasteiger partial charge on any atom is 0.244 e. The summed E-state index contributed by atoms with van der Waals surface area (Å²) in [6, 6.07) is 0.357. The van der Waals surface area contributed by atoms with Crippen LogP contribution in [0.4, 0.5) is 0 Å². The van der Waals surface area contributed by atoms with Gasteiger partial charge in [0, 0.05) is 17.5 Å². The maximum atomic E-state index is 11.8. The summed E-state index contributed by atoms with van der Waals surface area (Å²) in [7, 11) is 0. The Bertz CT molecular complexity index is 431. The highest BCUT2D eigenvalue weighted by molar-refractivity contribution is 7.09. The largest absolute Gasteiger partial charge is 0.350 e. The monoisotopic (exact) mass is 264 g/mol. The van der Waals surface area contributed by atoms with Gasteiger partial charge in [0.1, 0.15) is 0 Å². The van der Waals surface area contributed by atoms with Crippen LogP contribution in [0.2, 0.25) is 0 Å². The van der Waals surface area contributed by atoms with Crippen LogP contribution in [0.1, 0.15) is 43.3 Å². The van der Waals surface area contributed by atoms with E-state index >= 15 is 0 Å². The molecule has 1 saturated carbocycles. The number of thiazole rings is 1. The number of aromatic nitrogens is 1. The summed E-state index contributed by atoms with van der Waals surface area (Å²) in [5.41, 5.74) is 0.866. The second-order valence-electron chi connectivity index (χ2n) is 5.09. The van der Waals surface area contributed by atoms with E-state index in [1.807, 2.05) is 12.3 Å². The Morgan fingerprint density at radius 2 is 2.17 bits per heavy atom. The van der Waals surface area contributed by atoms with Crippen LogP contribution in [0.25, 0.3) is 6.08 Å². The van der Waals surface area contributed by atoms with Gasteiger partial charge in [-0.2, -0.15) is 0 Å². The Morgan fingerprint density at radius 3 is 2.78 bits per heavy atom. The Labute approximate surface area is 112 Å². The number of hydrogen-bond donors (Lipinski definition) is 1. The number of hydrogen-bond acceptors (Lipinski definition) is 3. The maximum absolute atomic E-state index is 11.8. The lowest BCUT2D eigenvalue weighted by molar-refractivity contribution is -0.117. The quantitative estimate of drug-likeness (QED) is 0.852. The summed E-state index contributed by atoms with van der Waals surface area (Å²) in [5, 5.41) is 6.05. The molecule has 1 N–H and O–H groups in total. The van der Waals surface area contributed by atoms with Gasteiger partial charge in [0.05, 0.1) is 10.7 Å². The van der Waals surface area contributed by atoms with Crippen LogP contribution in [-0.4, -0.2) is 16.9 Å². The van der Waals surface area contributed by atoms with E-state index in [2.05, 4.69) is 17.2 Å². The van der Waals surface area contributed by atoms with Crippen molar-refractivity contribution in [1.29, 1.82) is 0 Å². The van der Waals surface area contributed by atoms with Crippen LogP contribution in [0, 0.1) is 12.8 Å². The molecule has 3 nitrogen and oxygen atoms in total. The number of carbonyl (C=O) groups is 1. The van der Waals surface area contributed by atoms with E-state index in [4.69, 9.17) is 0 Å². The van der Waals surface area contributed by atoms with Crippen molar-refractivity contribution in [3.63, 3.8) is 0 Å². The second kappa shape index (κ2) is 6.14. The van der Waals surface area contributed by atoms with Crippen molar-refractivity contribution < 1.29 is 4.79 Å². The third kappa shape index (κ3) is 3.95. The molecule has 1 aromatic heterocycles. The van der Waals surface area contributed by atoms with Gasteiger partial charge < -0.3 is 5.32 Å². The molecule has 1 aromatic rings. The highest BCUT2D eigenvalue weighted by Crippen LogP contribution is 2.23. The summed E-state index contributed by atoms with van der Waals surface area (Å²) in [6.07, 6.45) is 8.03. The number of carbonyl (C=O) groups excluding carboxylic acids is 1. The molecule has 1 aliphatic rings. The minimum atomic E-state index is 0.000191. The van der Waals surface area contributed by atoms with Crippen LogP contribution in [0.3, 0.4) is 0 Å². The van der Waals surface area contributed by atoms with Gasteiger partial charge in [0.25, 0.3) is 0 Å². The van der Waals surface area contributed by atoms with E-state index in [-0.39, 0.29) is 5.91 Å². The Kier molecular flexibility index (Phi) is 4.53. The van der Waals surface area contributed by atoms with Crippen molar-refractivity contribution >= 4 is 23.3 Å². The average Bonchev–Trinajstić information content (AvgIpc) is 2.76. The minimum Gasteiger partial charge on any atom is -0.350 e. The summed E-state index contributed by atoms with van der Waals surface area (Å²) < 4.78 is 0. The van der Waals surface area contributed by atoms with Crippen LogP contribution in [0.15, 0.2) is 11.5 Å². The van der Waals surface area contributed by atoms with Crippen LogP contribution < -0.4 is 5.32 Å². The molecule has 1 aliphatic carbocycles. The van der Waals surface area contributed by atoms with E-state index in [9.17, 15) is 4.79 Å². The third-order valence-corrected chi connectivity index (χ3v) is 4.20. The molecule has 0 unspecified atom stereocenters. The molecule has 98 valence electrons. The molecular weight excluding hydrogens is 244 g/mol. The summed E-state index contributed by atoms with van der Waals surface area (Å²) in [5.74, 6) is 0.812. The normalized spacial score (nSPS) is 24.3. The molecule has 1 amide bonds. The Morgan fingerprint density at radius 1 is 1.44 bits per heavy atom. The van der Waals surface area contributed by atoms with Gasteiger partial charge in [-0.25, -0.2) is 4.98 Å². The zero-order valence-corrected chi connectivity index (χ0v) is 11.8. The van der Waals surface area contributed by atoms with E-state index in [0.717, 1.165) is 29.5 Å². The molecule has 0 bridgehead atoms. The Balaban J connectivity index is 1.80. The first-order chi connectivity index (χ1) is 8.63. The summed E-state index contributed by atoms with van der Waals surface area (Å²) >= 11 is 1.60. The molecule has 4 heteroatoms. The Hall–Kier alpha value is -1.16. The topological polar surface area (TPSA) is 42.0 Å². The van der Waals surface area contributed by atoms with Crippen LogP contribution >= 0.6 is 11.3 Å². The molecular formula is C14H20N2OS. The van der Waals surface area contributed by atoms with Gasteiger partial charge in [-0.15, -0.1) is 11.3 Å². The lowest BCUT2D eigenvalue weighted by atomic mass is 9.87. The SMILES string of the molecule is Cc1nc(/C=C/C(=O)NC2CCC(C)CC2)cs1. The van der Waals surface area contributed by atoms with E-state index in [1.54, 1.807) is 23.5 Å². The van der Waals surface area contributed by atoms with Gasteiger partial charge >= 0.3 is 0 Å². The lowest BCUT2D eigenvalue weighted by Crippen LogP contribution is -2.36. The van der Waals surface area contributed by atoms with E-state index < -0.39 is 0 Å². The first-order valence-electron chi connectivity index (χ1n) is 6.54. The highest BCUT2D eigenvalue weighted by Gasteiger charge is 2.18. The predicted molar refractivity (Wildman–Crippen MR) is 75.4 cm³/mol. The van der Waals surface area contributed by atoms with Crippen molar-refractivity contribution in [2.75, 3.05) is 0 Å². The summed E-state index contributed by atoms with van der Waals surface area (Å²) in [4.78, 5) is 16.0. The van der Waals surface area contributed by atoms with Gasteiger partial charge in [-0.05, 0) is 44.6 Å². The lowest BCUT2D eigenvalue weighted by Gasteiger charge is -2.26. The molecule has 0 saturated heterocycles. The first kappa shape index (κ1) is 13.3. The van der Waals surface area contributed by atoms with E-state index in [0.29, 0.717) is 6.04 Å². The van der Waals surface area contributed by atoms with Crippen LogP contribution in [0.5, 0.6) is 0 Å². The minimum absolute atomic E-state index is 0.000191. The van der Waals surface area contributed by atoms with Crippen molar-refractivity contribution in [1.82, 2.24) is 10.3 Å². The molecule has 2 rings (SSSR count). The predicted octanol–water partition coefficient (Wildman–Crippen LogP) is 3.16. The fourth-order valence-corrected chi connectivity index (χ4v) is 2.85. The molecule has 1 fully saturated rings. The van der Waals surface area contributed by atoms with Crippen molar-refractivity contribution in [3.05, 3.63) is 22.2 Å². The van der Waals surface area contributed by atoms with Crippen molar-refractivity contribution in [2.24, 2.45) is 5.92 Å². The highest BCUT2D eigenvalue weighted by atomic mass is 32.1. The molecule has 0 aromatic carbocycles. The van der Waals surface area contributed by atoms with Crippen molar-refractivity contribution in [3.8, 4) is 0 Å². The molecule has 1 heterocycles. The molecule has 0 spiro atoms. The second-order valence-corrected chi connectivity index (χ2v) is 6.15. The number of nitrogens with one attached hydrogen (secondary N) is 1. The number of rotatable bonds is 3. The zero-order chi connectivity index (χ0) is 13.0. The standard InChI is InChI=1S/C14H20N2OS/c1-10-3-5-12(6-4-10)16-14(17)8-7-13-9-18-11(2)15-13/h7-10,12H,3-6H2,1-2H3,(H,16,17)/b8-7+. The fraction of sp³-hybridized carbons (Fsp3) is 0.571. The van der Waals surface area contributed by atoms with Gasteiger partial charge in [0.2, 0.25) is 5.91 Å². The number of amides is 1. The molecule has 0 aliphatic heterocycles. The van der Waals surface area contributed by atoms with Crippen molar-refractivity contribution in [2.45, 2.75) is 45.6 Å². The summed E-state index contributed by atoms with van der Waals surface area (Å²) in [6.45, 7) is 4.24. The third-order valence-electron chi connectivity index (χ3n) is 3.40.